The molecule has 0 bridgehead atoms. The van der Waals surface area contributed by atoms with Crippen LogP contribution in [0.4, 0.5) is 0 Å². The van der Waals surface area contributed by atoms with Gasteiger partial charge in [-0.2, -0.15) is 0 Å². The van der Waals surface area contributed by atoms with Crippen molar-refractivity contribution in [3.8, 4) is 0 Å². The molecule has 2 rings (SSSR count). The fraction of sp³-hybridized carbons (Fsp3) is 1.00. The second-order valence-corrected chi connectivity index (χ2v) is 6.25. The zero-order valence-corrected chi connectivity index (χ0v) is 12.5. The molecule has 0 N–H and O–H groups in total. The van der Waals surface area contributed by atoms with Crippen molar-refractivity contribution in [1.82, 2.24) is 9.80 Å². The monoisotopic (exact) mass is 260 g/mol. The van der Waals surface area contributed by atoms with Crippen LogP contribution in [0.3, 0.4) is 0 Å². The van der Waals surface area contributed by atoms with Crippen molar-refractivity contribution < 1.29 is 4.21 Å². The van der Waals surface area contributed by atoms with E-state index in [1.807, 2.05) is 13.8 Å². The van der Waals surface area contributed by atoms with Crippen LogP contribution in [-0.4, -0.2) is 64.3 Å². The van der Waals surface area contributed by atoms with Gasteiger partial charge in [-0.15, -0.1) is 0 Å². The molecule has 0 atom stereocenters. The van der Waals surface area contributed by atoms with Crippen molar-refractivity contribution in [2.24, 2.45) is 0 Å². The molecule has 0 aromatic rings. The minimum Gasteiger partial charge on any atom is -0.303 e. The van der Waals surface area contributed by atoms with Crippen molar-refractivity contribution in [2.45, 2.75) is 39.7 Å². The Morgan fingerprint density at radius 2 is 1.59 bits per heavy atom. The molecule has 2 heterocycles. The molecule has 2 fully saturated rings. The minimum absolute atomic E-state index is 0.526. The van der Waals surface area contributed by atoms with Gasteiger partial charge in [0.15, 0.2) is 0 Å². The van der Waals surface area contributed by atoms with Gasteiger partial charge in [0.1, 0.15) is 0 Å². The number of likely N-dealkylation sites (tertiary alicyclic amines) is 1. The van der Waals surface area contributed by atoms with Crippen molar-refractivity contribution >= 4 is 10.8 Å². The van der Waals surface area contributed by atoms with Gasteiger partial charge in [0.05, 0.1) is 0 Å². The van der Waals surface area contributed by atoms with E-state index in [1.165, 1.54) is 32.5 Å². The number of hydrogen-bond donors (Lipinski definition) is 0. The second-order valence-electron chi connectivity index (χ2n) is 4.55. The lowest BCUT2D eigenvalue weighted by molar-refractivity contribution is 0.119. The van der Waals surface area contributed by atoms with E-state index in [9.17, 15) is 4.21 Å². The predicted octanol–water partition coefficient (Wildman–Crippen LogP) is 1.56. The van der Waals surface area contributed by atoms with Crippen LogP contribution in [-0.2, 0) is 10.8 Å². The summed E-state index contributed by atoms with van der Waals surface area (Å²) in [5, 5.41) is 0. The van der Waals surface area contributed by atoms with E-state index in [2.05, 4.69) is 16.7 Å². The zero-order valence-electron chi connectivity index (χ0n) is 11.7. The molecule has 0 aromatic carbocycles. The zero-order chi connectivity index (χ0) is 12.7. The normalized spacial score (nSPS) is 25.4. The highest BCUT2D eigenvalue weighted by Crippen LogP contribution is 2.17. The molecule has 0 aromatic heterocycles. The van der Waals surface area contributed by atoms with Gasteiger partial charge in [-0.25, -0.2) is 0 Å². The highest BCUT2D eigenvalue weighted by Gasteiger charge is 2.26. The van der Waals surface area contributed by atoms with Gasteiger partial charge in [-0.3, -0.25) is 9.11 Å². The van der Waals surface area contributed by atoms with Crippen molar-refractivity contribution in [2.75, 3.05) is 44.2 Å². The maximum Gasteiger partial charge on any atom is 0.0363 e. The third-order valence-corrected chi connectivity index (χ3v) is 5.01. The van der Waals surface area contributed by atoms with Crippen LogP contribution in [0.2, 0.25) is 0 Å². The topological polar surface area (TPSA) is 23.6 Å². The fourth-order valence-electron chi connectivity index (χ4n) is 2.62. The number of hydrogen-bond acceptors (Lipinski definition) is 3. The molecule has 0 radical (unpaired) electrons. The van der Waals surface area contributed by atoms with Crippen molar-refractivity contribution in [3.05, 3.63) is 0 Å². The smallest absolute Gasteiger partial charge is 0.0363 e. The molecule has 17 heavy (non-hydrogen) atoms. The summed E-state index contributed by atoms with van der Waals surface area (Å²) in [4.78, 5) is 5.09. The second kappa shape index (κ2) is 8.22. The Morgan fingerprint density at radius 3 is 2.06 bits per heavy atom. The van der Waals surface area contributed by atoms with Gasteiger partial charge < -0.3 is 4.90 Å². The van der Waals surface area contributed by atoms with E-state index in [0.717, 1.165) is 30.6 Å². The standard InChI is InChI=1S/C11H22N2OS.C2H6/c1-2-12-5-3-11(4-6-12)13-7-9-15(14)10-8-13;1-2/h11H,2-10H2,1H3;1-2H3. The predicted molar refractivity (Wildman–Crippen MR) is 75.9 cm³/mol. The van der Waals surface area contributed by atoms with Crippen LogP contribution in [0, 0.1) is 0 Å². The van der Waals surface area contributed by atoms with Crippen molar-refractivity contribution in [1.29, 1.82) is 0 Å². The average molecular weight is 260 g/mol. The van der Waals surface area contributed by atoms with E-state index in [-0.39, 0.29) is 0 Å². The van der Waals surface area contributed by atoms with Crippen LogP contribution in [0.1, 0.15) is 33.6 Å². The Labute approximate surface area is 109 Å². The molecule has 102 valence electrons. The average Bonchev–Trinajstić information content (AvgIpc) is 2.42. The molecular weight excluding hydrogens is 232 g/mol. The lowest BCUT2D eigenvalue weighted by Gasteiger charge is -2.39. The summed E-state index contributed by atoms with van der Waals surface area (Å²) in [6.07, 6.45) is 2.61. The highest BCUT2D eigenvalue weighted by molar-refractivity contribution is 7.85. The summed E-state index contributed by atoms with van der Waals surface area (Å²) in [5.74, 6) is 1.79. The van der Waals surface area contributed by atoms with E-state index >= 15 is 0 Å². The summed E-state index contributed by atoms with van der Waals surface area (Å²) in [6, 6.07) is 0.769. The van der Waals surface area contributed by atoms with Crippen LogP contribution in [0.5, 0.6) is 0 Å². The first-order chi connectivity index (χ1) is 8.29. The Hall–Kier alpha value is 0.0700. The first-order valence-electron chi connectivity index (χ1n) is 7.11. The quantitative estimate of drug-likeness (QED) is 0.753. The molecule has 0 aliphatic carbocycles. The number of piperidine rings is 1. The summed E-state index contributed by atoms with van der Waals surface area (Å²) >= 11 is 0. The van der Waals surface area contributed by atoms with Gasteiger partial charge in [0, 0.05) is 41.4 Å². The Bertz CT molecular complexity index is 217. The molecule has 0 amide bonds. The van der Waals surface area contributed by atoms with E-state index in [0.29, 0.717) is 0 Å². The molecule has 0 saturated carbocycles. The minimum atomic E-state index is -0.526. The van der Waals surface area contributed by atoms with Crippen LogP contribution < -0.4 is 0 Å². The number of rotatable bonds is 2. The Balaban J connectivity index is 0.000000686. The molecule has 4 heteroatoms. The fourth-order valence-corrected chi connectivity index (χ4v) is 3.70. The maximum absolute atomic E-state index is 11.3. The molecule has 0 unspecified atom stereocenters. The molecule has 0 spiro atoms. The molecule has 2 aliphatic rings. The summed E-state index contributed by atoms with van der Waals surface area (Å²) in [6.45, 7) is 12.1. The van der Waals surface area contributed by atoms with Gasteiger partial charge in [0.2, 0.25) is 0 Å². The Kier molecular flexibility index (Phi) is 7.32. The highest BCUT2D eigenvalue weighted by atomic mass is 32.2. The van der Waals surface area contributed by atoms with Gasteiger partial charge in [0.25, 0.3) is 0 Å². The third-order valence-electron chi connectivity index (χ3n) is 3.73. The summed E-state index contributed by atoms with van der Waals surface area (Å²) < 4.78 is 11.3. The number of nitrogens with zero attached hydrogens (tertiary/aromatic N) is 2. The van der Waals surface area contributed by atoms with Crippen LogP contribution in [0.15, 0.2) is 0 Å². The molecular formula is C13H28N2OS. The lowest BCUT2D eigenvalue weighted by atomic mass is 10.0. The summed E-state index contributed by atoms with van der Waals surface area (Å²) in [7, 11) is -0.526. The van der Waals surface area contributed by atoms with Crippen molar-refractivity contribution in [3.63, 3.8) is 0 Å². The molecule has 3 nitrogen and oxygen atoms in total. The van der Waals surface area contributed by atoms with Gasteiger partial charge in [-0.05, 0) is 32.5 Å². The van der Waals surface area contributed by atoms with Gasteiger partial charge in [-0.1, -0.05) is 20.8 Å². The van der Waals surface area contributed by atoms with Gasteiger partial charge >= 0.3 is 0 Å². The van der Waals surface area contributed by atoms with E-state index in [1.54, 1.807) is 0 Å². The lowest BCUT2D eigenvalue weighted by Crippen LogP contribution is -2.49. The van der Waals surface area contributed by atoms with Crippen LogP contribution in [0.25, 0.3) is 0 Å². The van der Waals surface area contributed by atoms with E-state index < -0.39 is 10.8 Å². The molecule has 2 aliphatic heterocycles. The van der Waals surface area contributed by atoms with E-state index in [4.69, 9.17) is 0 Å². The molecule has 2 saturated heterocycles. The first kappa shape index (κ1) is 15.1. The SMILES string of the molecule is CC.CCN1CCC(N2CCS(=O)CC2)CC1. The largest absolute Gasteiger partial charge is 0.303 e. The first-order valence-corrected chi connectivity index (χ1v) is 8.59. The Morgan fingerprint density at radius 1 is 1.06 bits per heavy atom. The maximum atomic E-state index is 11.3. The third kappa shape index (κ3) is 4.68. The summed E-state index contributed by atoms with van der Waals surface area (Å²) in [5.41, 5.74) is 0. The van der Waals surface area contributed by atoms with Crippen LogP contribution >= 0.6 is 0 Å².